The van der Waals surface area contributed by atoms with Gasteiger partial charge in [0.15, 0.2) is 0 Å². The summed E-state index contributed by atoms with van der Waals surface area (Å²) in [6, 6.07) is 13.5. The minimum atomic E-state index is 0. The summed E-state index contributed by atoms with van der Waals surface area (Å²) in [5, 5.41) is 0. The smallest absolute Gasteiger partial charge is 0 e. The maximum Gasteiger partial charge on any atom is 0 e. The molecule has 1 heteroatoms. The molecule has 0 radical (unpaired) electrons. The Hall–Kier alpha value is -0.677. The zero-order valence-electron chi connectivity index (χ0n) is 9.67. The van der Waals surface area contributed by atoms with Gasteiger partial charge in [0.1, 0.15) is 0 Å². The van der Waals surface area contributed by atoms with E-state index in [0.717, 1.165) is 6.42 Å². The van der Waals surface area contributed by atoms with E-state index in [-0.39, 0.29) is 26.2 Å². The van der Waals surface area contributed by atoms with Crippen LogP contribution in [0.3, 0.4) is 0 Å². The van der Waals surface area contributed by atoms with Gasteiger partial charge in [0.25, 0.3) is 0 Å². The second kappa shape index (κ2) is 4.30. The first kappa shape index (κ1) is 11.8. The van der Waals surface area contributed by atoms with Gasteiger partial charge in [0, 0.05) is 26.2 Å². The van der Waals surface area contributed by atoms with Crippen LogP contribution < -0.4 is 0 Å². The number of benzene rings is 2. The van der Waals surface area contributed by atoms with Crippen molar-refractivity contribution in [3.63, 3.8) is 0 Å². The van der Waals surface area contributed by atoms with E-state index in [4.69, 9.17) is 0 Å². The largest absolute Gasteiger partial charge is 0.0587 e. The van der Waals surface area contributed by atoms with Crippen LogP contribution in [0.15, 0.2) is 36.4 Å². The van der Waals surface area contributed by atoms with Crippen LogP contribution >= 0.6 is 0 Å². The summed E-state index contributed by atoms with van der Waals surface area (Å²) in [6.07, 6.45) is 1.11. The zero-order chi connectivity index (χ0) is 10.4. The van der Waals surface area contributed by atoms with Gasteiger partial charge in [0.05, 0.1) is 0 Å². The first-order valence-electron chi connectivity index (χ1n) is 5.43. The Morgan fingerprint density at radius 1 is 0.750 bits per heavy atom. The van der Waals surface area contributed by atoms with Gasteiger partial charge in [-0.05, 0) is 42.5 Å². The molecule has 0 amide bonds. The molecule has 0 bridgehead atoms. The molecule has 3 rings (SSSR count). The molecule has 1 aliphatic carbocycles. The summed E-state index contributed by atoms with van der Waals surface area (Å²) in [5.41, 5.74) is 8.54. The molecule has 2 aromatic rings. The maximum atomic E-state index is 2.31. The molecule has 0 unspecified atom stereocenters. The van der Waals surface area contributed by atoms with Crippen molar-refractivity contribution in [1.82, 2.24) is 0 Å². The third kappa shape index (κ3) is 1.82. The Bertz CT molecular complexity index is 492. The third-order valence-corrected chi connectivity index (χ3v) is 3.19. The van der Waals surface area contributed by atoms with E-state index in [1.165, 1.54) is 33.4 Å². The van der Waals surface area contributed by atoms with Crippen molar-refractivity contribution >= 4 is 0 Å². The first-order chi connectivity index (χ1) is 7.24. The fourth-order valence-corrected chi connectivity index (χ4v) is 2.47. The normalized spacial score (nSPS) is 11.6. The van der Waals surface area contributed by atoms with Gasteiger partial charge in [-0.2, -0.15) is 0 Å². The zero-order valence-corrected chi connectivity index (χ0v) is 12.1. The molecular weight excluding hydrogens is 271 g/mol. The van der Waals surface area contributed by atoms with E-state index >= 15 is 0 Å². The van der Waals surface area contributed by atoms with Crippen LogP contribution in [0.4, 0.5) is 0 Å². The van der Waals surface area contributed by atoms with Gasteiger partial charge in [-0.15, -0.1) is 0 Å². The van der Waals surface area contributed by atoms with Gasteiger partial charge in [-0.1, -0.05) is 47.5 Å². The van der Waals surface area contributed by atoms with Gasteiger partial charge >= 0.3 is 0 Å². The third-order valence-electron chi connectivity index (χ3n) is 3.19. The van der Waals surface area contributed by atoms with Crippen molar-refractivity contribution in [3.8, 4) is 11.1 Å². The molecule has 0 saturated carbocycles. The second-order valence-electron chi connectivity index (χ2n) is 4.50. The van der Waals surface area contributed by atoms with Crippen molar-refractivity contribution in [2.45, 2.75) is 20.3 Å². The van der Waals surface area contributed by atoms with E-state index in [1.54, 1.807) is 0 Å². The second-order valence-corrected chi connectivity index (χ2v) is 4.50. The molecule has 0 nitrogen and oxygen atoms in total. The Morgan fingerprint density at radius 2 is 1.19 bits per heavy atom. The molecule has 1 aliphatic rings. The monoisotopic (exact) mass is 284 g/mol. The van der Waals surface area contributed by atoms with Gasteiger partial charge < -0.3 is 0 Å². The molecule has 0 heterocycles. The molecule has 78 valence electrons. The van der Waals surface area contributed by atoms with E-state index in [0.29, 0.717) is 0 Å². The minimum absolute atomic E-state index is 0. The quantitative estimate of drug-likeness (QED) is 0.588. The van der Waals surface area contributed by atoms with Crippen molar-refractivity contribution in [3.05, 3.63) is 58.7 Å². The maximum absolute atomic E-state index is 2.31. The molecule has 0 fully saturated rings. The van der Waals surface area contributed by atoms with Crippen LogP contribution in [-0.2, 0) is 32.6 Å². The first-order valence-corrected chi connectivity index (χ1v) is 5.43. The summed E-state index contributed by atoms with van der Waals surface area (Å²) < 4.78 is 0. The summed E-state index contributed by atoms with van der Waals surface area (Å²) >= 11 is 0. The number of aryl methyl sites for hydroxylation is 2. The Labute approximate surface area is 116 Å². The van der Waals surface area contributed by atoms with Gasteiger partial charge in [-0.25, -0.2) is 0 Å². The van der Waals surface area contributed by atoms with Gasteiger partial charge in [0.2, 0.25) is 0 Å². The van der Waals surface area contributed by atoms with Crippen molar-refractivity contribution in [2.24, 2.45) is 0 Å². The van der Waals surface area contributed by atoms with E-state index in [9.17, 15) is 0 Å². The van der Waals surface area contributed by atoms with Crippen molar-refractivity contribution in [2.75, 3.05) is 0 Å². The van der Waals surface area contributed by atoms with Crippen molar-refractivity contribution < 1.29 is 26.2 Å². The average molecular weight is 286 g/mol. The molecule has 16 heavy (non-hydrogen) atoms. The van der Waals surface area contributed by atoms with E-state index in [2.05, 4.69) is 50.2 Å². The number of rotatable bonds is 0. The van der Waals surface area contributed by atoms with Crippen LogP contribution in [-0.4, -0.2) is 0 Å². The van der Waals surface area contributed by atoms with Crippen LogP contribution in [0.5, 0.6) is 0 Å². The fraction of sp³-hybridized carbons (Fsp3) is 0.200. The summed E-state index contributed by atoms with van der Waals surface area (Å²) in [4.78, 5) is 0. The predicted octanol–water partition coefficient (Wildman–Crippen LogP) is 3.87. The topological polar surface area (TPSA) is 0 Å². The molecular formula is C15H14Zr. The SMILES string of the molecule is Cc1ccc2c(c1)Cc1cc(C)ccc1-2.[Zr]. The standard InChI is InChI=1S/C15H14.Zr/c1-10-3-5-14-12(7-10)9-13-8-11(2)4-6-15(13)14;/h3-8H,9H2,1-2H3;. The number of hydrogen-bond donors (Lipinski definition) is 0. The average Bonchev–Trinajstić information content (AvgIpc) is 2.53. The van der Waals surface area contributed by atoms with E-state index in [1.807, 2.05) is 0 Å². The fourth-order valence-electron chi connectivity index (χ4n) is 2.47. The summed E-state index contributed by atoms with van der Waals surface area (Å²) in [7, 11) is 0. The predicted molar refractivity (Wildman–Crippen MR) is 64.2 cm³/mol. The Balaban J connectivity index is 0.000000963. The number of hydrogen-bond acceptors (Lipinski definition) is 0. The van der Waals surface area contributed by atoms with Crippen molar-refractivity contribution in [1.29, 1.82) is 0 Å². The molecule has 0 aromatic heterocycles. The Morgan fingerprint density at radius 3 is 1.62 bits per heavy atom. The molecule has 0 spiro atoms. The number of fused-ring (bicyclic) bond motifs is 3. The summed E-state index contributed by atoms with van der Waals surface area (Å²) in [5.74, 6) is 0. The molecule has 0 atom stereocenters. The minimum Gasteiger partial charge on any atom is -0.0587 e. The Kier molecular flexibility index (Phi) is 3.17. The van der Waals surface area contributed by atoms with Crippen LogP contribution in [0.1, 0.15) is 22.3 Å². The summed E-state index contributed by atoms with van der Waals surface area (Å²) in [6.45, 7) is 4.32. The van der Waals surface area contributed by atoms with Crippen LogP contribution in [0.25, 0.3) is 11.1 Å². The molecule has 2 aromatic carbocycles. The molecule has 0 aliphatic heterocycles. The van der Waals surface area contributed by atoms with Crippen LogP contribution in [0.2, 0.25) is 0 Å². The van der Waals surface area contributed by atoms with E-state index < -0.39 is 0 Å². The molecule has 0 saturated heterocycles. The van der Waals surface area contributed by atoms with Crippen LogP contribution in [0, 0.1) is 13.8 Å². The van der Waals surface area contributed by atoms with Gasteiger partial charge in [-0.3, -0.25) is 0 Å². The molecule has 0 N–H and O–H groups in total.